The van der Waals surface area contributed by atoms with Gasteiger partial charge in [0.05, 0.1) is 0 Å². The van der Waals surface area contributed by atoms with E-state index in [1.807, 2.05) is 0 Å². The minimum absolute atomic E-state index is 0.230. The van der Waals surface area contributed by atoms with Crippen LogP contribution in [0.5, 0.6) is 0 Å². The fourth-order valence-electron chi connectivity index (χ4n) is 2.88. The monoisotopic (exact) mass is 268 g/mol. The Kier molecular flexibility index (Phi) is 8.89. The Bertz CT molecular complexity index is 237. The molecule has 3 nitrogen and oxygen atoms in total. The third kappa shape index (κ3) is 7.56. The van der Waals surface area contributed by atoms with Crippen molar-refractivity contribution >= 4 is 5.91 Å². The van der Waals surface area contributed by atoms with E-state index in [1.165, 1.54) is 38.5 Å². The molecule has 0 radical (unpaired) electrons. The first kappa shape index (κ1) is 16.5. The zero-order valence-electron chi connectivity index (χ0n) is 12.9. The third-order valence-corrected chi connectivity index (χ3v) is 4.22. The quantitative estimate of drug-likeness (QED) is 0.651. The van der Waals surface area contributed by atoms with E-state index >= 15 is 0 Å². The minimum atomic E-state index is 0.230. The Balaban J connectivity index is 1.98. The molecule has 0 aromatic heterocycles. The lowest BCUT2D eigenvalue weighted by Gasteiger charge is -2.31. The van der Waals surface area contributed by atoms with Gasteiger partial charge in [0.1, 0.15) is 0 Å². The van der Waals surface area contributed by atoms with Crippen LogP contribution in [0.3, 0.4) is 0 Å². The molecule has 0 aromatic rings. The number of nitrogens with one attached hydrogen (secondary N) is 1. The first-order valence-electron chi connectivity index (χ1n) is 8.21. The van der Waals surface area contributed by atoms with Crippen LogP contribution in [0.2, 0.25) is 0 Å². The predicted molar refractivity (Wildman–Crippen MR) is 81.3 cm³/mol. The van der Waals surface area contributed by atoms with Crippen molar-refractivity contribution in [2.45, 2.75) is 77.2 Å². The highest BCUT2D eigenvalue weighted by Crippen LogP contribution is 2.21. The lowest BCUT2D eigenvalue weighted by Crippen LogP contribution is -2.35. The first-order valence-corrected chi connectivity index (χ1v) is 8.21. The molecular weight excluding hydrogens is 236 g/mol. The normalized spacial score (nSPS) is 16.8. The van der Waals surface area contributed by atoms with Gasteiger partial charge in [-0.15, -0.1) is 0 Å². The minimum Gasteiger partial charge on any atom is -0.356 e. The predicted octanol–water partition coefficient (Wildman–Crippen LogP) is 3.34. The summed E-state index contributed by atoms with van der Waals surface area (Å²) in [4.78, 5) is 14.0. The summed E-state index contributed by atoms with van der Waals surface area (Å²) in [6.45, 7) is 4.11. The van der Waals surface area contributed by atoms with E-state index in [-0.39, 0.29) is 5.91 Å². The smallest absolute Gasteiger partial charge is 0.219 e. The summed E-state index contributed by atoms with van der Waals surface area (Å²) in [5, 5.41) is 3.03. The maximum absolute atomic E-state index is 11.5. The van der Waals surface area contributed by atoms with Crippen molar-refractivity contribution in [2.24, 2.45) is 0 Å². The maximum atomic E-state index is 11.5. The topological polar surface area (TPSA) is 32.3 Å². The van der Waals surface area contributed by atoms with Crippen molar-refractivity contribution in [3.05, 3.63) is 0 Å². The van der Waals surface area contributed by atoms with Crippen LogP contribution in [0.15, 0.2) is 0 Å². The highest BCUT2D eigenvalue weighted by atomic mass is 16.1. The first-order chi connectivity index (χ1) is 9.24. The SMILES string of the molecule is CCCCCC(=O)NCCCN(C)C1CCCCC1. The molecule has 0 heterocycles. The lowest BCUT2D eigenvalue weighted by atomic mass is 9.94. The van der Waals surface area contributed by atoms with Gasteiger partial charge in [-0.05, 0) is 39.3 Å². The Morgan fingerprint density at radius 2 is 1.89 bits per heavy atom. The van der Waals surface area contributed by atoms with Crippen molar-refractivity contribution in [3.8, 4) is 0 Å². The molecule has 1 N–H and O–H groups in total. The number of rotatable bonds is 9. The zero-order valence-corrected chi connectivity index (χ0v) is 12.9. The van der Waals surface area contributed by atoms with Crippen LogP contribution in [0, 0.1) is 0 Å². The standard InChI is InChI=1S/C16H32N2O/c1-3-4-6-12-16(19)17-13-9-14-18(2)15-10-7-5-8-11-15/h15H,3-14H2,1-2H3,(H,17,19). The van der Waals surface area contributed by atoms with Crippen LogP contribution in [0.1, 0.15) is 71.1 Å². The molecule has 112 valence electrons. The van der Waals surface area contributed by atoms with Crippen LogP contribution in [-0.4, -0.2) is 37.0 Å². The Morgan fingerprint density at radius 3 is 2.58 bits per heavy atom. The molecule has 1 aliphatic carbocycles. The second-order valence-corrected chi connectivity index (χ2v) is 5.93. The van der Waals surface area contributed by atoms with Crippen LogP contribution in [-0.2, 0) is 4.79 Å². The summed E-state index contributed by atoms with van der Waals surface area (Å²) < 4.78 is 0. The molecular formula is C16H32N2O. The molecule has 0 bridgehead atoms. The Morgan fingerprint density at radius 1 is 1.16 bits per heavy atom. The van der Waals surface area contributed by atoms with Crippen LogP contribution < -0.4 is 5.32 Å². The van der Waals surface area contributed by atoms with Crippen molar-refractivity contribution in [2.75, 3.05) is 20.1 Å². The molecule has 0 unspecified atom stereocenters. The molecule has 3 heteroatoms. The van der Waals surface area contributed by atoms with E-state index in [2.05, 4.69) is 24.2 Å². The van der Waals surface area contributed by atoms with Crippen molar-refractivity contribution in [3.63, 3.8) is 0 Å². The van der Waals surface area contributed by atoms with E-state index in [0.29, 0.717) is 6.42 Å². The van der Waals surface area contributed by atoms with Gasteiger partial charge in [-0.25, -0.2) is 0 Å². The van der Waals surface area contributed by atoms with Crippen LogP contribution in [0.4, 0.5) is 0 Å². The molecule has 1 rings (SSSR count). The second-order valence-electron chi connectivity index (χ2n) is 5.93. The Hall–Kier alpha value is -0.570. The number of nitrogens with zero attached hydrogens (tertiary/aromatic N) is 1. The second kappa shape index (κ2) is 10.2. The van der Waals surface area contributed by atoms with Gasteiger partial charge in [0, 0.05) is 19.0 Å². The number of carbonyl (C=O) groups is 1. The van der Waals surface area contributed by atoms with E-state index in [0.717, 1.165) is 38.4 Å². The van der Waals surface area contributed by atoms with Gasteiger partial charge in [-0.2, -0.15) is 0 Å². The van der Waals surface area contributed by atoms with Crippen LogP contribution in [0.25, 0.3) is 0 Å². The molecule has 0 aromatic carbocycles. The van der Waals surface area contributed by atoms with E-state index < -0.39 is 0 Å². The lowest BCUT2D eigenvalue weighted by molar-refractivity contribution is -0.121. The number of amides is 1. The number of hydrogen-bond acceptors (Lipinski definition) is 2. The maximum Gasteiger partial charge on any atom is 0.219 e. The number of hydrogen-bond donors (Lipinski definition) is 1. The van der Waals surface area contributed by atoms with Gasteiger partial charge >= 0.3 is 0 Å². The zero-order chi connectivity index (χ0) is 13.9. The highest BCUT2D eigenvalue weighted by Gasteiger charge is 2.17. The summed E-state index contributed by atoms with van der Waals surface area (Å²) in [5.41, 5.74) is 0. The molecule has 1 amide bonds. The number of unbranched alkanes of at least 4 members (excludes halogenated alkanes) is 2. The molecule has 19 heavy (non-hydrogen) atoms. The molecule has 0 spiro atoms. The van der Waals surface area contributed by atoms with Crippen LogP contribution >= 0.6 is 0 Å². The van der Waals surface area contributed by atoms with Gasteiger partial charge in [0.2, 0.25) is 5.91 Å². The largest absolute Gasteiger partial charge is 0.356 e. The summed E-state index contributed by atoms with van der Waals surface area (Å²) in [6.07, 6.45) is 12.1. The fourth-order valence-corrected chi connectivity index (χ4v) is 2.88. The van der Waals surface area contributed by atoms with Crippen molar-refractivity contribution in [1.82, 2.24) is 10.2 Å². The Labute approximate surface area is 119 Å². The molecule has 1 fully saturated rings. The molecule has 0 atom stereocenters. The third-order valence-electron chi connectivity index (χ3n) is 4.22. The average Bonchev–Trinajstić information content (AvgIpc) is 2.44. The fraction of sp³-hybridized carbons (Fsp3) is 0.938. The van der Waals surface area contributed by atoms with Gasteiger partial charge in [0.25, 0.3) is 0 Å². The summed E-state index contributed by atoms with van der Waals surface area (Å²) in [5.74, 6) is 0.230. The molecule has 1 saturated carbocycles. The highest BCUT2D eigenvalue weighted by molar-refractivity contribution is 5.75. The van der Waals surface area contributed by atoms with Crippen molar-refractivity contribution in [1.29, 1.82) is 0 Å². The van der Waals surface area contributed by atoms with E-state index in [4.69, 9.17) is 0 Å². The van der Waals surface area contributed by atoms with E-state index in [1.54, 1.807) is 0 Å². The molecule has 0 aliphatic heterocycles. The summed E-state index contributed by atoms with van der Waals surface area (Å²) in [7, 11) is 2.24. The molecule has 1 aliphatic rings. The summed E-state index contributed by atoms with van der Waals surface area (Å²) in [6, 6.07) is 0.786. The van der Waals surface area contributed by atoms with Gasteiger partial charge in [0.15, 0.2) is 0 Å². The van der Waals surface area contributed by atoms with Gasteiger partial charge < -0.3 is 10.2 Å². The summed E-state index contributed by atoms with van der Waals surface area (Å²) >= 11 is 0. The van der Waals surface area contributed by atoms with Gasteiger partial charge in [-0.1, -0.05) is 39.0 Å². The average molecular weight is 268 g/mol. The number of carbonyl (C=O) groups excluding carboxylic acids is 1. The van der Waals surface area contributed by atoms with Gasteiger partial charge in [-0.3, -0.25) is 4.79 Å². The van der Waals surface area contributed by atoms with E-state index in [9.17, 15) is 4.79 Å². The van der Waals surface area contributed by atoms with Crippen molar-refractivity contribution < 1.29 is 4.79 Å². The molecule has 0 saturated heterocycles.